The van der Waals surface area contributed by atoms with E-state index in [0.29, 0.717) is 5.82 Å². The summed E-state index contributed by atoms with van der Waals surface area (Å²) in [7, 11) is 0. The lowest BCUT2D eigenvalue weighted by molar-refractivity contribution is 0.0394. The van der Waals surface area contributed by atoms with Gasteiger partial charge >= 0.3 is 0 Å². The summed E-state index contributed by atoms with van der Waals surface area (Å²) in [5, 5.41) is 12.9. The Bertz CT molecular complexity index is 836. The van der Waals surface area contributed by atoms with Crippen molar-refractivity contribution in [2.24, 2.45) is 5.10 Å². The van der Waals surface area contributed by atoms with Gasteiger partial charge in [0.1, 0.15) is 0 Å². The molecule has 2 unspecified atom stereocenters. The average Bonchev–Trinajstić information content (AvgIpc) is 2.71. The number of unbranched alkanes of at least 4 members (excludes halogenated alkanes) is 1. The maximum atomic E-state index is 13.2. The Morgan fingerprint density at radius 3 is 2.96 bits per heavy atom. The number of hydrazone groups is 1. The van der Waals surface area contributed by atoms with Gasteiger partial charge < -0.3 is 4.90 Å². The molecule has 1 amide bonds. The Kier molecular flexibility index (Phi) is 5.14. The van der Waals surface area contributed by atoms with E-state index in [2.05, 4.69) is 32.5 Å². The predicted molar refractivity (Wildman–Crippen MR) is 106 cm³/mol. The van der Waals surface area contributed by atoms with E-state index in [0.717, 1.165) is 55.3 Å². The van der Waals surface area contributed by atoms with Crippen LogP contribution in [-0.4, -0.2) is 33.3 Å². The van der Waals surface area contributed by atoms with Crippen molar-refractivity contribution in [2.45, 2.75) is 57.5 Å². The van der Waals surface area contributed by atoms with Gasteiger partial charge in [-0.05, 0) is 43.9 Å². The summed E-state index contributed by atoms with van der Waals surface area (Å²) in [6.07, 6.45) is 7.73. The van der Waals surface area contributed by atoms with Crippen LogP contribution in [0.15, 0.2) is 41.5 Å². The highest BCUT2D eigenvalue weighted by Crippen LogP contribution is 2.42. The standard InChI is InChI=1S/C21H25N5O/c1-2-3-12-22-24-20-14-17-18(23-25-20)13-16-10-7-11-19(17)26(16)21(27)15-8-5-4-6-9-15/h4-6,8-9,12,14,16,19H,2-3,7,10-11,13H2,1H3,(H,24,25). The van der Waals surface area contributed by atoms with E-state index < -0.39 is 0 Å². The number of benzene rings is 1. The normalized spacial score (nSPS) is 21.1. The quantitative estimate of drug-likeness (QED) is 0.645. The van der Waals surface area contributed by atoms with Gasteiger partial charge in [-0.25, -0.2) is 0 Å². The van der Waals surface area contributed by atoms with E-state index in [1.54, 1.807) is 0 Å². The molecule has 1 aromatic carbocycles. The Morgan fingerprint density at radius 2 is 2.15 bits per heavy atom. The van der Waals surface area contributed by atoms with Gasteiger partial charge in [-0.2, -0.15) is 10.2 Å². The molecule has 0 aliphatic carbocycles. The summed E-state index contributed by atoms with van der Waals surface area (Å²) in [6.45, 7) is 2.11. The van der Waals surface area contributed by atoms with E-state index in [-0.39, 0.29) is 18.0 Å². The molecule has 2 bridgehead atoms. The van der Waals surface area contributed by atoms with Crippen LogP contribution in [0.5, 0.6) is 0 Å². The highest BCUT2D eigenvalue weighted by molar-refractivity contribution is 5.95. The van der Waals surface area contributed by atoms with Crippen molar-refractivity contribution in [3.8, 4) is 0 Å². The van der Waals surface area contributed by atoms with Crippen LogP contribution >= 0.6 is 0 Å². The third kappa shape index (κ3) is 3.56. The number of nitrogens with one attached hydrogen (secondary N) is 1. The number of piperidine rings is 1. The third-order valence-corrected chi connectivity index (χ3v) is 5.38. The molecule has 140 valence electrons. The minimum Gasteiger partial charge on any atom is -0.328 e. The Balaban J connectivity index is 1.62. The number of amides is 1. The van der Waals surface area contributed by atoms with Crippen LogP contribution in [0.4, 0.5) is 5.82 Å². The van der Waals surface area contributed by atoms with Crippen molar-refractivity contribution in [2.75, 3.05) is 5.43 Å². The number of aromatic nitrogens is 2. The van der Waals surface area contributed by atoms with Crippen LogP contribution in [0.2, 0.25) is 0 Å². The first-order valence-corrected chi connectivity index (χ1v) is 9.79. The fraction of sp³-hybridized carbons (Fsp3) is 0.429. The number of hydrogen-bond acceptors (Lipinski definition) is 5. The van der Waals surface area contributed by atoms with Crippen molar-refractivity contribution in [3.63, 3.8) is 0 Å². The molecule has 0 saturated carbocycles. The Labute approximate surface area is 159 Å². The summed E-state index contributed by atoms with van der Waals surface area (Å²) in [5.74, 6) is 0.750. The first-order valence-electron chi connectivity index (χ1n) is 9.79. The smallest absolute Gasteiger partial charge is 0.254 e. The number of hydrogen-bond donors (Lipinski definition) is 1. The van der Waals surface area contributed by atoms with Crippen molar-refractivity contribution in [1.82, 2.24) is 15.1 Å². The predicted octanol–water partition coefficient (Wildman–Crippen LogP) is 3.97. The maximum Gasteiger partial charge on any atom is 0.254 e. The lowest BCUT2D eigenvalue weighted by Gasteiger charge is -2.46. The molecule has 4 rings (SSSR count). The van der Waals surface area contributed by atoms with E-state index >= 15 is 0 Å². The van der Waals surface area contributed by atoms with Gasteiger partial charge in [-0.15, -0.1) is 5.10 Å². The Hall–Kier alpha value is -2.76. The molecular formula is C21H25N5O. The second-order valence-corrected chi connectivity index (χ2v) is 7.23. The monoisotopic (exact) mass is 363 g/mol. The number of nitrogens with zero attached hydrogens (tertiary/aromatic N) is 4. The maximum absolute atomic E-state index is 13.2. The van der Waals surface area contributed by atoms with E-state index in [4.69, 9.17) is 0 Å². The average molecular weight is 363 g/mol. The fourth-order valence-electron chi connectivity index (χ4n) is 4.08. The Morgan fingerprint density at radius 1 is 1.30 bits per heavy atom. The van der Waals surface area contributed by atoms with Crippen LogP contribution in [0, 0.1) is 0 Å². The summed E-state index contributed by atoms with van der Waals surface area (Å²) in [6, 6.07) is 11.9. The molecule has 2 aliphatic rings. The molecule has 1 aromatic heterocycles. The van der Waals surface area contributed by atoms with Gasteiger partial charge in [-0.3, -0.25) is 10.2 Å². The van der Waals surface area contributed by atoms with Gasteiger partial charge in [0.2, 0.25) is 0 Å². The highest BCUT2D eigenvalue weighted by Gasteiger charge is 2.41. The van der Waals surface area contributed by atoms with E-state index in [1.807, 2.05) is 42.6 Å². The molecule has 2 aromatic rings. The zero-order chi connectivity index (χ0) is 18.6. The molecule has 6 nitrogen and oxygen atoms in total. The number of anilines is 1. The fourth-order valence-corrected chi connectivity index (χ4v) is 4.08. The number of carbonyl (C=O) groups is 1. The van der Waals surface area contributed by atoms with Crippen LogP contribution in [0.25, 0.3) is 0 Å². The molecule has 2 aliphatic heterocycles. The SMILES string of the molecule is CCCC=NNc1cc2c(nn1)CC1CCCC2N1C(=O)c1ccccc1. The molecule has 1 N–H and O–H groups in total. The number of rotatable bonds is 5. The van der Waals surface area contributed by atoms with Crippen LogP contribution in [0.3, 0.4) is 0 Å². The molecular weight excluding hydrogens is 338 g/mol. The molecule has 0 spiro atoms. The van der Waals surface area contributed by atoms with E-state index in [9.17, 15) is 4.79 Å². The second kappa shape index (κ2) is 7.86. The molecule has 0 radical (unpaired) electrons. The first-order chi connectivity index (χ1) is 13.3. The highest BCUT2D eigenvalue weighted by atomic mass is 16.2. The van der Waals surface area contributed by atoms with Crippen LogP contribution in [-0.2, 0) is 6.42 Å². The number of fused-ring (bicyclic) bond motifs is 4. The first kappa shape index (κ1) is 17.6. The largest absolute Gasteiger partial charge is 0.328 e. The molecule has 3 heterocycles. The minimum absolute atomic E-state index is 0.0656. The van der Waals surface area contributed by atoms with E-state index in [1.165, 1.54) is 0 Å². The van der Waals surface area contributed by atoms with Gasteiger partial charge in [0, 0.05) is 29.8 Å². The van der Waals surface area contributed by atoms with Crippen molar-refractivity contribution >= 4 is 17.9 Å². The van der Waals surface area contributed by atoms with Gasteiger partial charge in [0.15, 0.2) is 5.82 Å². The van der Waals surface area contributed by atoms with Crippen LogP contribution in [0.1, 0.15) is 66.7 Å². The molecule has 6 heteroatoms. The van der Waals surface area contributed by atoms with Gasteiger partial charge in [0.25, 0.3) is 5.91 Å². The lowest BCUT2D eigenvalue weighted by atomic mass is 9.82. The van der Waals surface area contributed by atoms with Gasteiger partial charge in [0.05, 0.1) is 11.7 Å². The lowest BCUT2D eigenvalue weighted by Crippen LogP contribution is -2.50. The molecule has 27 heavy (non-hydrogen) atoms. The van der Waals surface area contributed by atoms with Gasteiger partial charge in [-0.1, -0.05) is 31.5 Å². The van der Waals surface area contributed by atoms with Crippen molar-refractivity contribution < 1.29 is 4.79 Å². The van der Waals surface area contributed by atoms with Crippen molar-refractivity contribution in [3.05, 3.63) is 53.2 Å². The molecule has 2 atom stereocenters. The summed E-state index contributed by atoms with van der Waals surface area (Å²) < 4.78 is 0. The zero-order valence-electron chi connectivity index (χ0n) is 15.6. The van der Waals surface area contributed by atoms with Crippen molar-refractivity contribution in [1.29, 1.82) is 0 Å². The summed E-state index contributed by atoms with van der Waals surface area (Å²) in [4.78, 5) is 15.3. The molecule has 1 saturated heterocycles. The third-order valence-electron chi connectivity index (χ3n) is 5.38. The number of carbonyl (C=O) groups excluding carboxylic acids is 1. The zero-order valence-corrected chi connectivity index (χ0v) is 15.6. The van der Waals surface area contributed by atoms with Crippen LogP contribution < -0.4 is 5.43 Å². The minimum atomic E-state index is 0.0656. The molecule has 1 fully saturated rings. The summed E-state index contributed by atoms with van der Waals surface area (Å²) >= 11 is 0. The topological polar surface area (TPSA) is 70.5 Å². The summed E-state index contributed by atoms with van der Waals surface area (Å²) in [5.41, 5.74) is 5.85. The second-order valence-electron chi connectivity index (χ2n) is 7.23.